The zero-order valence-electron chi connectivity index (χ0n) is 16.3. The van der Waals surface area contributed by atoms with Gasteiger partial charge in [0.15, 0.2) is 5.96 Å². The van der Waals surface area contributed by atoms with Crippen LogP contribution in [0.1, 0.15) is 24.7 Å². The lowest BCUT2D eigenvalue weighted by molar-refractivity contribution is 0.0672. The first-order chi connectivity index (χ1) is 13.1. The minimum Gasteiger partial charge on any atom is -0.469 e. The number of furan rings is 1. The molecule has 2 aromatic rings. The summed E-state index contributed by atoms with van der Waals surface area (Å²) < 4.78 is 10.8. The molecule has 3 N–H and O–H groups in total. The Morgan fingerprint density at radius 3 is 2.71 bits per heavy atom. The fourth-order valence-corrected chi connectivity index (χ4v) is 3.04. The molecular weight excluding hydrogens is 469 g/mol. The van der Waals surface area contributed by atoms with Gasteiger partial charge in [-0.15, -0.1) is 24.0 Å². The Hall–Kier alpha value is -1.58. The number of aliphatic hydroxyl groups is 1. The average Bonchev–Trinajstić information content (AvgIpc) is 3.38. The Labute approximate surface area is 183 Å². The van der Waals surface area contributed by atoms with Crippen molar-refractivity contribution in [3.05, 3.63) is 60.1 Å². The van der Waals surface area contributed by atoms with Crippen LogP contribution in [0.25, 0.3) is 0 Å². The molecule has 0 bridgehead atoms. The minimum absolute atomic E-state index is 0. The molecule has 1 fully saturated rings. The summed E-state index contributed by atoms with van der Waals surface area (Å²) in [4.78, 5) is 4.62. The molecule has 2 heterocycles. The molecule has 0 radical (unpaired) electrons. The lowest BCUT2D eigenvalue weighted by atomic mass is 9.96. The summed E-state index contributed by atoms with van der Waals surface area (Å²) in [5.41, 5.74) is -0.166. The molecule has 0 amide bonds. The van der Waals surface area contributed by atoms with Gasteiger partial charge in [-0.05, 0) is 31.0 Å². The van der Waals surface area contributed by atoms with E-state index in [1.54, 1.807) is 13.2 Å². The molecule has 2 unspecified atom stereocenters. The predicted molar refractivity (Wildman–Crippen MR) is 121 cm³/mol. The van der Waals surface area contributed by atoms with Crippen LogP contribution in [0.15, 0.2) is 58.1 Å². The summed E-state index contributed by atoms with van der Waals surface area (Å²) in [7, 11) is 0. The number of benzene rings is 1. The summed E-state index contributed by atoms with van der Waals surface area (Å²) in [5, 5.41) is 17.5. The third kappa shape index (κ3) is 7.10. The quantitative estimate of drug-likeness (QED) is 0.296. The van der Waals surface area contributed by atoms with Gasteiger partial charge in [-0.2, -0.15) is 0 Å². The molecule has 154 valence electrons. The van der Waals surface area contributed by atoms with Crippen LogP contribution in [0.4, 0.5) is 0 Å². The second-order valence-corrected chi connectivity index (χ2v) is 7.17. The standard InChI is InChI=1S/C21H29N3O3.HI/c1-21(25,18-6-3-2-4-7-18)16-24-20(23-14-17-10-13-26-15-17)22-11-9-19-8-5-12-27-19;/h2-8,12,17,25H,9-11,13-16H2,1H3,(H2,22,23,24);1H. The first kappa shape index (κ1) is 22.7. The maximum absolute atomic E-state index is 10.8. The Morgan fingerprint density at radius 1 is 1.21 bits per heavy atom. The van der Waals surface area contributed by atoms with Crippen molar-refractivity contribution in [3.63, 3.8) is 0 Å². The van der Waals surface area contributed by atoms with Gasteiger partial charge in [-0.1, -0.05) is 30.3 Å². The second-order valence-electron chi connectivity index (χ2n) is 7.17. The molecule has 1 aliphatic heterocycles. The number of halogens is 1. The number of hydrogen-bond acceptors (Lipinski definition) is 4. The van der Waals surface area contributed by atoms with Crippen molar-refractivity contribution in [2.45, 2.75) is 25.4 Å². The van der Waals surface area contributed by atoms with Crippen LogP contribution in [-0.4, -0.2) is 43.9 Å². The molecule has 0 spiro atoms. The smallest absolute Gasteiger partial charge is 0.191 e. The van der Waals surface area contributed by atoms with E-state index in [9.17, 15) is 5.11 Å². The van der Waals surface area contributed by atoms with E-state index >= 15 is 0 Å². The van der Waals surface area contributed by atoms with E-state index < -0.39 is 5.60 Å². The number of ether oxygens (including phenoxy) is 1. The van der Waals surface area contributed by atoms with Crippen molar-refractivity contribution in [3.8, 4) is 0 Å². The predicted octanol–water partition coefficient (Wildman–Crippen LogP) is 2.92. The number of hydrogen-bond donors (Lipinski definition) is 3. The topological polar surface area (TPSA) is 79.0 Å². The van der Waals surface area contributed by atoms with Crippen LogP contribution < -0.4 is 10.6 Å². The largest absolute Gasteiger partial charge is 0.469 e. The van der Waals surface area contributed by atoms with E-state index in [1.165, 1.54) is 0 Å². The Kier molecular flexibility index (Phi) is 9.27. The Balaban J connectivity index is 0.00000280. The number of nitrogens with zero attached hydrogens (tertiary/aromatic N) is 1. The van der Waals surface area contributed by atoms with Crippen LogP contribution in [0.5, 0.6) is 0 Å². The second kappa shape index (κ2) is 11.4. The third-order valence-electron chi connectivity index (χ3n) is 4.77. The molecule has 0 aliphatic carbocycles. The highest BCUT2D eigenvalue weighted by Crippen LogP contribution is 2.20. The maximum atomic E-state index is 10.8. The van der Waals surface area contributed by atoms with Gasteiger partial charge in [-0.3, -0.25) is 0 Å². The van der Waals surface area contributed by atoms with Crippen molar-refractivity contribution in [2.75, 3.05) is 32.8 Å². The summed E-state index contributed by atoms with van der Waals surface area (Å²) in [6.45, 7) is 5.18. The number of guanidine groups is 1. The molecule has 0 saturated carbocycles. The molecule has 1 aliphatic rings. The normalized spacial score (nSPS) is 18.9. The third-order valence-corrected chi connectivity index (χ3v) is 4.77. The van der Waals surface area contributed by atoms with Crippen molar-refractivity contribution in [2.24, 2.45) is 10.9 Å². The highest BCUT2D eigenvalue weighted by Gasteiger charge is 2.23. The van der Waals surface area contributed by atoms with E-state index in [4.69, 9.17) is 9.15 Å². The van der Waals surface area contributed by atoms with Gasteiger partial charge in [0.05, 0.1) is 19.4 Å². The van der Waals surface area contributed by atoms with Crippen LogP contribution in [0.2, 0.25) is 0 Å². The molecule has 28 heavy (non-hydrogen) atoms. The van der Waals surface area contributed by atoms with Gasteiger partial charge in [-0.25, -0.2) is 4.99 Å². The van der Waals surface area contributed by atoms with E-state index in [0.717, 1.165) is 43.9 Å². The van der Waals surface area contributed by atoms with E-state index in [-0.39, 0.29) is 30.5 Å². The van der Waals surface area contributed by atoms with Crippen molar-refractivity contribution < 1.29 is 14.3 Å². The number of rotatable bonds is 8. The maximum Gasteiger partial charge on any atom is 0.191 e. The zero-order chi connectivity index (χ0) is 19.0. The van der Waals surface area contributed by atoms with E-state index in [2.05, 4.69) is 15.6 Å². The summed E-state index contributed by atoms with van der Waals surface area (Å²) in [5.74, 6) is 2.13. The SMILES string of the molecule is CC(O)(CN=C(NCCc1ccco1)NCC1CCOC1)c1ccccc1.I. The van der Waals surface area contributed by atoms with E-state index in [1.807, 2.05) is 42.5 Å². The Morgan fingerprint density at radius 2 is 2.04 bits per heavy atom. The number of aliphatic imine (C=N–C) groups is 1. The highest BCUT2D eigenvalue weighted by atomic mass is 127. The van der Waals surface area contributed by atoms with Crippen molar-refractivity contribution in [1.29, 1.82) is 0 Å². The lowest BCUT2D eigenvalue weighted by Crippen LogP contribution is -2.42. The van der Waals surface area contributed by atoms with Gasteiger partial charge in [0, 0.05) is 32.0 Å². The van der Waals surface area contributed by atoms with Crippen LogP contribution in [0, 0.1) is 5.92 Å². The van der Waals surface area contributed by atoms with Crippen LogP contribution in [0.3, 0.4) is 0 Å². The average molecular weight is 499 g/mol. The fourth-order valence-electron chi connectivity index (χ4n) is 3.04. The molecular formula is C21H30IN3O3. The van der Waals surface area contributed by atoms with Gasteiger partial charge in [0.1, 0.15) is 11.4 Å². The molecule has 3 rings (SSSR count). The molecule has 6 nitrogen and oxygen atoms in total. The molecule has 1 saturated heterocycles. The van der Waals surface area contributed by atoms with Crippen LogP contribution in [-0.2, 0) is 16.8 Å². The summed E-state index contributed by atoms with van der Waals surface area (Å²) in [6.07, 6.45) is 3.52. The number of nitrogens with one attached hydrogen (secondary N) is 2. The van der Waals surface area contributed by atoms with Gasteiger partial charge in [0.2, 0.25) is 0 Å². The summed E-state index contributed by atoms with van der Waals surface area (Å²) in [6, 6.07) is 13.5. The van der Waals surface area contributed by atoms with Crippen LogP contribution >= 0.6 is 24.0 Å². The monoisotopic (exact) mass is 499 g/mol. The first-order valence-electron chi connectivity index (χ1n) is 9.54. The summed E-state index contributed by atoms with van der Waals surface area (Å²) >= 11 is 0. The van der Waals surface area contributed by atoms with Gasteiger partial charge < -0.3 is 24.9 Å². The first-order valence-corrected chi connectivity index (χ1v) is 9.54. The Bertz CT molecular complexity index is 699. The van der Waals surface area contributed by atoms with Crippen molar-refractivity contribution in [1.82, 2.24) is 10.6 Å². The zero-order valence-corrected chi connectivity index (χ0v) is 18.6. The fraction of sp³-hybridized carbons (Fsp3) is 0.476. The lowest BCUT2D eigenvalue weighted by Gasteiger charge is -2.23. The minimum atomic E-state index is -1.02. The molecule has 7 heteroatoms. The van der Waals surface area contributed by atoms with Gasteiger partial charge in [0.25, 0.3) is 0 Å². The van der Waals surface area contributed by atoms with Crippen molar-refractivity contribution >= 4 is 29.9 Å². The van der Waals surface area contributed by atoms with E-state index in [0.29, 0.717) is 18.4 Å². The molecule has 2 atom stereocenters. The van der Waals surface area contributed by atoms with Gasteiger partial charge >= 0.3 is 0 Å². The highest BCUT2D eigenvalue weighted by molar-refractivity contribution is 14.0. The molecule has 1 aromatic carbocycles. The molecule has 1 aromatic heterocycles.